The largest absolute Gasteiger partial charge is 0.573 e. The fourth-order valence-corrected chi connectivity index (χ4v) is 3.09. The molecule has 0 spiro atoms. The van der Waals surface area contributed by atoms with Gasteiger partial charge in [-0.05, 0) is 12.5 Å². The lowest BCUT2D eigenvalue weighted by molar-refractivity contribution is -0.275. The quantitative estimate of drug-likeness (QED) is 0.762. The highest BCUT2D eigenvalue weighted by atomic mass is 19.4. The van der Waals surface area contributed by atoms with Crippen molar-refractivity contribution in [2.75, 3.05) is 26.2 Å². The van der Waals surface area contributed by atoms with E-state index in [0.717, 1.165) is 51.9 Å². The summed E-state index contributed by atoms with van der Waals surface area (Å²) < 4.78 is 42.3. The van der Waals surface area contributed by atoms with E-state index in [2.05, 4.69) is 21.9 Å². The van der Waals surface area contributed by atoms with Crippen molar-refractivity contribution in [3.8, 4) is 5.75 Å². The topological polar surface area (TPSA) is 24.5 Å². The lowest BCUT2D eigenvalue weighted by Gasteiger charge is -2.36. The van der Waals surface area contributed by atoms with Crippen LogP contribution in [0.5, 0.6) is 5.75 Å². The smallest absolute Gasteiger partial charge is 0.405 e. The summed E-state index contributed by atoms with van der Waals surface area (Å²) in [5.41, 5.74) is 0.642. The van der Waals surface area contributed by atoms with E-state index in [4.69, 9.17) is 0 Å². The zero-order valence-electron chi connectivity index (χ0n) is 13.5. The molecular formula is C17H25F3N2O. The van der Waals surface area contributed by atoms with Crippen molar-refractivity contribution in [3.63, 3.8) is 0 Å². The summed E-state index contributed by atoms with van der Waals surface area (Å²) in [6.07, 6.45) is -0.620. The molecule has 1 N–H and O–H groups in total. The molecule has 0 amide bonds. The fraction of sp³-hybridized carbons (Fsp3) is 0.647. The fourth-order valence-electron chi connectivity index (χ4n) is 3.09. The van der Waals surface area contributed by atoms with Crippen molar-refractivity contribution < 1.29 is 17.9 Å². The molecule has 130 valence electrons. The number of unbranched alkanes of at least 4 members (excludes halogenated alkanes) is 2. The van der Waals surface area contributed by atoms with Crippen LogP contribution in [0.25, 0.3) is 0 Å². The van der Waals surface area contributed by atoms with Crippen LogP contribution in [0, 0.1) is 0 Å². The monoisotopic (exact) mass is 330 g/mol. The van der Waals surface area contributed by atoms with Crippen LogP contribution in [-0.4, -0.2) is 37.4 Å². The van der Waals surface area contributed by atoms with Gasteiger partial charge in [-0.25, -0.2) is 0 Å². The minimum Gasteiger partial charge on any atom is -0.405 e. The van der Waals surface area contributed by atoms with E-state index < -0.39 is 6.36 Å². The first-order valence-electron chi connectivity index (χ1n) is 8.30. The molecule has 1 heterocycles. The molecule has 2 rings (SSSR count). The van der Waals surface area contributed by atoms with Crippen LogP contribution >= 0.6 is 0 Å². The van der Waals surface area contributed by atoms with Gasteiger partial charge in [-0.2, -0.15) is 0 Å². The van der Waals surface area contributed by atoms with Gasteiger partial charge in [0.15, 0.2) is 0 Å². The number of halogens is 3. The third-order valence-corrected chi connectivity index (χ3v) is 4.18. The second kappa shape index (κ2) is 8.55. The maximum Gasteiger partial charge on any atom is 0.573 e. The first-order chi connectivity index (χ1) is 11.0. The van der Waals surface area contributed by atoms with Gasteiger partial charge in [0.2, 0.25) is 0 Å². The van der Waals surface area contributed by atoms with Gasteiger partial charge >= 0.3 is 6.36 Å². The molecule has 1 aliphatic heterocycles. The van der Waals surface area contributed by atoms with Crippen LogP contribution in [0.3, 0.4) is 0 Å². The Morgan fingerprint density at radius 1 is 1.17 bits per heavy atom. The molecule has 3 nitrogen and oxygen atoms in total. The van der Waals surface area contributed by atoms with Gasteiger partial charge in [-0.15, -0.1) is 13.2 Å². The maximum atomic E-state index is 12.7. The van der Waals surface area contributed by atoms with Gasteiger partial charge < -0.3 is 10.1 Å². The van der Waals surface area contributed by atoms with Gasteiger partial charge in [0.25, 0.3) is 0 Å². The molecule has 1 atom stereocenters. The number of benzene rings is 1. The number of rotatable bonds is 7. The lowest BCUT2D eigenvalue weighted by Crippen LogP contribution is -2.45. The average molecular weight is 330 g/mol. The first kappa shape index (κ1) is 18.1. The first-order valence-corrected chi connectivity index (χ1v) is 8.30. The minimum absolute atomic E-state index is 0.0257. The van der Waals surface area contributed by atoms with Crippen LogP contribution in [0.15, 0.2) is 24.3 Å². The molecule has 0 aromatic heterocycles. The number of para-hydroxylation sites is 1. The second-order valence-electron chi connectivity index (χ2n) is 5.88. The van der Waals surface area contributed by atoms with Gasteiger partial charge in [-0.3, -0.25) is 4.90 Å². The summed E-state index contributed by atoms with van der Waals surface area (Å²) in [6, 6.07) is 6.53. The van der Waals surface area contributed by atoms with Crippen LogP contribution < -0.4 is 10.1 Å². The summed E-state index contributed by atoms with van der Waals surface area (Å²) in [5.74, 6) is -0.0694. The summed E-state index contributed by atoms with van der Waals surface area (Å²) in [6.45, 7) is 5.55. The lowest BCUT2D eigenvalue weighted by atomic mass is 9.97. The molecule has 6 heteroatoms. The predicted molar refractivity (Wildman–Crippen MR) is 84.5 cm³/mol. The molecular weight excluding hydrogens is 305 g/mol. The number of alkyl halides is 3. The molecule has 0 radical (unpaired) electrons. The molecule has 1 aliphatic rings. The Morgan fingerprint density at radius 2 is 1.87 bits per heavy atom. The Balaban J connectivity index is 2.22. The zero-order chi connectivity index (χ0) is 16.7. The van der Waals surface area contributed by atoms with E-state index >= 15 is 0 Å². The molecule has 0 aliphatic carbocycles. The summed E-state index contributed by atoms with van der Waals surface area (Å²) >= 11 is 0. The van der Waals surface area contributed by atoms with E-state index in [-0.39, 0.29) is 11.8 Å². The van der Waals surface area contributed by atoms with E-state index in [1.54, 1.807) is 18.2 Å². The number of nitrogens with one attached hydrogen (secondary N) is 1. The van der Waals surface area contributed by atoms with Crippen molar-refractivity contribution in [1.29, 1.82) is 0 Å². The van der Waals surface area contributed by atoms with E-state index in [1.165, 1.54) is 6.07 Å². The Bertz CT molecular complexity index is 473. The van der Waals surface area contributed by atoms with Crippen LogP contribution in [0.2, 0.25) is 0 Å². The van der Waals surface area contributed by atoms with Gasteiger partial charge in [0, 0.05) is 37.8 Å². The predicted octanol–water partition coefficient (Wildman–Crippen LogP) is 4.11. The Hall–Kier alpha value is -1.27. The standard InChI is InChI=1S/C17H25F3N2O/c1-2-3-4-8-15(22-12-10-21-11-13-22)14-7-5-6-9-16(14)23-17(18,19)20/h5-7,9,15,21H,2-4,8,10-13H2,1H3/t15-/m0/s1. The number of hydrogen-bond acceptors (Lipinski definition) is 3. The summed E-state index contributed by atoms with van der Waals surface area (Å²) in [4.78, 5) is 2.27. The maximum absolute atomic E-state index is 12.7. The number of ether oxygens (including phenoxy) is 1. The highest BCUT2D eigenvalue weighted by Crippen LogP contribution is 2.36. The van der Waals surface area contributed by atoms with Crippen molar-refractivity contribution in [1.82, 2.24) is 10.2 Å². The van der Waals surface area contributed by atoms with E-state index in [9.17, 15) is 13.2 Å². The van der Waals surface area contributed by atoms with Gasteiger partial charge in [-0.1, -0.05) is 44.4 Å². The molecule has 23 heavy (non-hydrogen) atoms. The highest BCUT2D eigenvalue weighted by molar-refractivity contribution is 5.36. The molecule has 1 saturated heterocycles. The normalized spacial score (nSPS) is 17.9. The van der Waals surface area contributed by atoms with Gasteiger partial charge in [0.05, 0.1) is 0 Å². The number of piperazine rings is 1. The van der Waals surface area contributed by atoms with Gasteiger partial charge in [0.1, 0.15) is 5.75 Å². The molecule has 0 saturated carbocycles. The molecule has 0 unspecified atom stereocenters. The third-order valence-electron chi connectivity index (χ3n) is 4.18. The van der Waals surface area contributed by atoms with Crippen molar-refractivity contribution in [2.24, 2.45) is 0 Å². The molecule has 0 bridgehead atoms. The van der Waals surface area contributed by atoms with Crippen molar-refractivity contribution in [2.45, 2.75) is 45.0 Å². The van der Waals surface area contributed by atoms with E-state index in [1.807, 2.05) is 0 Å². The Kier molecular flexibility index (Phi) is 6.72. The van der Waals surface area contributed by atoms with Crippen LogP contribution in [-0.2, 0) is 0 Å². The number of hydrogen-bond donors (Lipinski definition) is 1. The van der Waals surface area contributed by atoms with Crippen LogP contribution in [0.4, 0.5) is 13.2 Å². The SMILES string of the molecule is CCCCC[C@@H](c1ccccc1OC(F)(F)F)N1CCNCC1. The second-order valence-corrected chi connectivity index (χ2v) is 5.88. The molecule has 1 aromatic rings. The average Bonchev–Trinajstić information content (AvgIpc) is 2.52. The molecule has 1 aromatic carbocycles. The van der Waals surface area contributed by atoms with Crippen molar-refractivity contribution >= 4 is 0 Å². The van der Waals surface area contributed by atoms with E-state index in [0.29, 0.717) is 5.56 Å². The summed E-state index contributed by atoms with van der Waals surface area (Å²) in [7, 11) is 0. The van der Waals surface area contributed by atoms with Crippen molar-refractivity contribution in [3.05, 3.63) is 29.8 Å². The third kappa shape index (κ3) is 5.70. The Morgan fingerprint density at radius 3 is 2.52 bits per heavy atom. The number of nitrogens with zero attached hydrogens (tertiary/aromatic N) is 1. The Labute approximate surface area is 135 Å². The highest BCUT2D eigenvalue weighted by Gasteiger charge is 2.33. The van der Waals surface area contributed by atoms with Crippen LogP contribution in [0.1, 0.15) is 44.2 Å². The summed E-state index contributed by atoms with van der Waals surface area (Å²) in [5, 5.41) is 3.29. The minimum atomic E-state index is -4.66. The molecule has 1 fully saturated rings. The zero-order valence-corrected chi connectivity index (χ0v) is 13.5.